The van der Waals surface area contributed by atoms with E-state index in [1.165, 1.54) is 11.8 Å². The van der Waals surface area contributed by atoms with E-state index in [0.29, 0.717) is 51.3 Å². The van der Waals surface area contributed by atoms with Crippen molar-refractivity contribution in [3.8, 4) is 5.88 Å². The summed E-state index contributed by atoms with van der Waals surface area (Å²) in [6, 6.07) is 3.71. The van der Waals surface area contributed by atoms with Crippen LogP contribution in [0, 0.1) is 17.8 Å². The van der Waals surface area contributed by atoms with E-state index < -0.39 is 92.0 Å². The molecule has 20 heteroatoms. The number of fused-ring (bicyclic) bond motifs is 3. The van der Waals surface area contributed by atoms with Crippen LogP contribution in [0.2, 0.25) is 0 Å². The Kier molecular flexibility index (Phi) is 12.4. The number of hydrogen-bond acceptors (Lipinski definition) is 11. The largest absolute Gasteiger partial charge is 0.471 e. The summed E-state index contributed by atoms with van der Waals surface area (Å²) in [6.07, 6.45) is -1.65. The summed E-state index contributed by atoms with van der Waals surface area (Å²) in [5.74, 6) is -3.85. The molecule has 4 amide bonds. The molecule has 0 bridgehead atoms. The van der Waals surface area contributed by atoms with Crippen molar-refractivity contribution in [2.75, 3.05) is 20.3 Å². The molecule has 1 aromatic heterocycles. The lowest BCUT2D eigenvalue weighted by Gasteiger charge is -2.34. The Morgan fingerprint density at radius 1 is 1.05 bits per heavy atom. The highest BCUT2D eigenvalue weighted by molar-refractivity contribution is 7.91. The summed E-state index contributed by atoms with van der Waals surface area (Å²) in [5, 5.41) is 9.46. The minimum Gasteiger partial charge on any atom is -0.471 e. The minimum absolute atomic E-state index is 0.0141. The Labute approximate surface area is 339 Å². The van der Waals surface area contributed by atoms with Crippen LogP contribution in [0.5, 0.6) is 5.88 Å². The van der Waals surface area contributed by atoms with Crippen molar-refractivity contribution in [2.45, 2.75) is 120 Å². The van der Waals surface area contributed by atoms with Gasteiger partial charge in [-0.3, -0.25) is 23.9 Å². The highest BCUT2D eigenvalue weighted by atomic mass is 32.2. The summed E-state index contributed by atoms with van der Waals surface area (Å²) >= 11 is 0. The number of amides is 4. The van der Waals surface area contributed by atoms with Crippen molar-refractivity contribution in [3.05, 3.63) is 46.8 Å². The molecule has 3 fully saturated rings. The van der Waals surface area contributed by atoms with Crippen molar-refractivity contribution in [1.29, 1.82) is 0 Å². The topological polar surface area (TPSA) is 204 Å². The number of aromatic nitrogens is 2. The molecule has 2 aromatic rings. The second-order valence-corrected chi connectivity index (χ2v) is 18.6. The Balaban J connectivity index is 1.37. The van der Waals surface area contributed by atoms with E-state index in [2.05, 4.69) is 20.5 Å². The zero-order valence-electron chi connectivity index (χ0n) is 33.5. The number of sulfonamides is 1. The first kappa shape index (κ1) is 43.8. The van der Waals surface area contributed by atoms with Crippen LogP contribution in [0.25, 0.3) is 10.8 Å². The standard InChI is InChI=1S/C39H51F3N6O10S/c1-22-10-6-7-11-24-20-38(24,35(52)46-59(54,55)26-14-15-26)44-31(49)29-19-25(57-32-27-12-8-9-13-28(27)33(50)48(45-32)16-17-56-5)21-47(29)34(51)30(23(2)18-22)43-36(53)58-37(3,4)39(40,41)42/h7-9,11-13,22-26,29-30H,6,10,14-21H2,1-5H3,(H,43,53)(H,44,49)(H,46,52)/b11-7-/t22-,23+,24?,25+,29-,30-,38+/m0/s1. The van der Waals surface area contributed by atoms with Gasteiger partial charge < -0.3 is 29.7 Å². The molecule has 1 unspecified atom stereocenters. The number of methoxy groups -OCH3 is 1. The Morgan fingerprint density at radius 3 is 2.41 bits per heavy atom. The number of alkyl carbamates (subject to hydrolysis) is 1. The molecule has 0 radical (unpaired) electrons. The van der Waals surface area contributed by atoms with E-state index in [4.69, 9.17) is 14.2 Å². The quantitative estimate of drug-likeness (QED) is 0.296. The van der Waals surface area contributed by atoms with Gasteiger partial charge in [0.2, 0.25) is 33.3 Å². The molecule has 7 atom stereocenters. The van der Waals surface area contributed by atoms with Crippen LogP contribution in [-0.2, 0) is 40.4 Å². The second kappa shape index (κ2) is 16.7. The monoisotopic (exact) mass is 852 g/mol. The SMILES string of the molecule is COCCn1nc(O[C@@H]2C[C@H]3C(=O)N[C@]4(C(=O)NS(=O)(=O)C5CC5)CC4/C=C\CC[C@H](C)C[C@@H](C)[C@H](NC(=O)OC(C)(C)C(F)(F)F)C(=O)N3C2)c2ccccc2c1=O. The highest BCUT2D eigenvalue weighted by Crippen LogP contribution is 2.46. The molecular formula is C39H51F3N6O10S. The zero-order valence-corrected chi connectivity index (χ0v) is 34.4. The van der Waals surface area contributed by atoms with Crippen LogP contribution >= 0.6 is 0 Å². The minimum atomic E-state index is -4.93. The third kappa shape index (κ3) is 9.53. The number of nitrogens with one attached hydrogen (secondary N) is 3. The smallest absolute Gasteiger partial charge is 0.427 e. The molecule has 6 rings (SSSR count). The molecule has 1 saturated heterocycles. The number of alkyl halides is 3. The van der Waals surface area contributed by atoms with Crippen molar-refractivity contribution >= 4 is 44.6 Å². The fourth-order valence-corrected chi connectivity index (χ4v) is 9.09. The van der Waals surface area contributed by atoms with E-state index in [9.17, 15) is 45.6 Å². The molecule has 2 aliphatic heterocycles. The van der Waals surface area contributed by atoms with Crippen molar-refractivity contribution in [3.63, 3.8) is 0 Å². The van der Waals surface area contributed by atoms with Gasteiger partial charge in [-0.1, -0.05) is 38.1 Å². The maximum absolute atomic E-state index is 14.8. The van der Waals surface area contributed by atoms with Crippen LogP contribution in [-0.4, -0.2) is 108 Å². The molecule has 1 aromatic carbocycles. The van der Waals surface area contributed by atoms with Crippen LogP contribution in [0.15, 0.2) is 41.2 Å². The fraction of sp³-hybridized carbons (Fsp3) is 0.641. The van der Waals surface area contributed by atoms with Crippen LogP contribution < -0.4 is 25.7 Å². The van der Waals surface area contributed by atoms with E-state index in [0.717, 1.165) is 4.90 Å². The first-order chi connectivity index (χ1) is 27.7. The van der Waals surface area contributed by atoms with Gasteiger partial charge in [0.15, 0.2) is 0 Å². The maximum atomic E-state index is 14.8. The first-order valence-corrected chi connectivity index (χ1v) is 21.3. The number of nitrogens with zero attached hydrogens (tertiary/aromatic N) is 3. The number of ether oxygens (including phenoxy) is 3. The summed E-state index contributed by atoms with van der Waals surface area (Å²) in [6.45, 7) is 4.88. The van der Waals surface area contributed by atoms with Gasteiger partial charge in [-0.2, -0.15) is 13.2 Å². The fourth-order valence-electron chi connectivity index (χ4n) is 7.72. The van der Waals surface area contributed by atoms with Crippen LogP contribution in [0.1, 0.15) is 72.6 Å². The Bertz CT molecular complexity index is 2160. The second-order valence-electron chi connectivity index (χ2n) is 16.6. The van der Waals surface area contributed by atoms with Gasteiger partial charge in [-0.15, -0.1) is 5.10 Å². The lowest BCUT2D eigenvalue weighted by molar-refractivity contribution is -0.244. The van der Waals surface area contributed by atoms with Gasteiger partial charge in [0, 0.05) is 19.4 Å². The lowest BCUT2D eigenvalue weighted by atomic mass is 9.88. The Hall–Kier alpha value is -4.72. The predicted octanol–water partition coefficient (Wildman–Crippen LogP) is 3.32. The molecule has 3 N–H and O–H groups in total. The molecule has 324 valence electrons. The average Bonchev–Trinajstić information content (AvgIpc) is 4.09. The number of benzene rings is 1. The lowest BCUT2D eigenvalue weighted by Crippen LogP contribution is -2.59. The summed E-state index contributed by atoms with van der Waals surface area (Å²) in [4.78, 5) is 70.6. The highest BCUT2D eigenvalue weighted by Gasteiger charge is 2.62. The third-order valence-corrected chi connectivity index (χ3v) is 13.4. The van der Waals surface area contributed by atoms with Gasteiger partial charge >= 0.3 is 12.3 Å². The third-order valence-electron chi connectivity index (χ3n) is 11.5. The molecule has 16 nitrogen and oxygen atoms in total. The van der Waals surface area contributed by atoms with E-state index in [1.807, 2.05) is 13.0 Å². The predicted molar refractivity (Wildman–Crippen MR) is 206 cm³/mol. The van der Waals surface area contributed by atoms with E-state index in [1.54, 1.807) is 37.3 Å². The van der Waals surface area contributed by atoms with Gasteiger partial charge in [0.1, 0.15) is 23.7 Å². The molecule has 59 heavy (non-hydrogen) atoms. The molecule has 2 saturated carbocycles. The number of carbonyl (C=O) groups is 4. The van der Waals surface area contributed by atoms with Gasteiger partial charge in [0.05, 0.1) is 35.7 Å². The van der Waals surface area contributed by atoms with Gasteiger partial charge in [-0.25, -0.2) is 17.9 Å². The van der Waals surface area contributed by atoms with Crippen LogP contribution in [0.3, 0.4) is 0 Å². The average molecular weight is 853 g/mol. The van der Waals surface area contributed by atoms with Gasteiger partial charge in [-0.05, 0) is 76.3 Å². The molecule has 3 heterocycles. The van der Waals surface area contributed by atoms with E-state index >= 15 is 0 Å². The Morgan fingerprint density at radius 2 is 1.75 bits per heavy atom. The number of halogens is 3. The van der Waals surface area contributed by atoms with Crippen molar-refractivity contribution < 1.29 is 55.0 Å². The zero-order chi connectivity index (χ0) is 43.1. The summed E-state index contributed by atoms with van der Waals surface area (Å²) < 4.78 is 86.7. The summed E-state index contributed by atoms with van der Waals surface area (Å²) in [7, 11) is -2.54. The van der Waals surface area contributed by atoms with E-state index in [-0.39, 0.29) is 49.7 Å². The molecule has 2 aliphatic carbocycles. The van der Waals surface area contributed by atoms with Gasteiger partial charge in [0.25, 0.3) is 11.5 Å². The number of rotatable bonds is 10. The first-order valence-electron chi connectivity index (χ1n) is 19.7. The number of allylic oxidation sites excluding steroid dienone is 1. The van der Waals surface area contributed by atoms with Crippen LogP contribution in [0.4, 0.5) is 18.0 Å². The molecular weight excluding hydrogens is 802 g/mol. The molecule has 0 spiro atoms. The number of hydrogen-bond donors (Lipinski definition) is 3. The number of carbonyl (C=O) groups excluding carboxylic acids is 4. The normalized spacial score (nSPS) is 28.6. The van der Waals surface area contributed by atoms with Crippen molar-refractivity contribution in [1.82, 2.24) is 30.0 Å². The summed E-state index contributed by atoms with van der Waals surface area (Å²) in [5.41, 5.74) is -4.98. The van der Waals surface area contributed by atoms with Crippen molar-refractivity contribution in [2.24, 2.45) is 17.8 Å². The maximum Gasteiger partial charge on any atom is 0.427 e. The molecule has 4 aliphatic rings.